The zero-order valence-corrected chi connectivity index (χ0v) is 12.0. The van der Waals surface area contributed by atoms with Gasteiger partial charge in [-0.25, -0.2) is 4.79 Å². The molecule has 21 heavy (non-hydrogen) atoms. The molecule has 1 aliphatic rings. The number of nitrogens with one attached hydrogen (secondary N) is 1. The predicted molar refractivity (Wildman–Crippen MR) is 77.2 cm³/mol. The van der Waals surface area contributed by atoms with Gasteiger partial charge in [0, 0.05) is 18.5 Å². The Balaban J connectivity index is 1.93. The van der Waals surface area contributed by atoms with Gasteiger partial charge in [-0.3, -0.25) is 4.79 Å². The molecular weight excluding hydrogens is 272 g/mol. The van der Waals surface area contributed by atoms with E-state index in [4.69, 9.17) is 9.84 Å². The second kappa shape index (κ2) is 6.97. The van der Waals surface area contributed by atoms with E-state index in [1.165, 1.54) is 0 Å². The Hall–Kier alpha value is -2.24. The van der Waals surface area contributed by atoms with Crippen molar-refractivity contribution in [2.45, 2.75) is 32.4 Å². The average molecular weight is 292 g/mol. The summed E-state index contributed by atoms with van der Waals surface area (Å²) in [6, 6.07) is 7.49. The van der Waals surface area contributed by atoms with Crippen molar-refractivity contribution in [3.63, 3.8) is 0 Å². The van der Waals surface area contributed by atoms with E-state index in [0.717, 1.165) is 11.3 Å². The number of fused-ring (bicyclic) bond motifs is 1. The quantitative estimate of drug-likeness (QED) is 0.830. The first-order chi connectivity index (χ1) is 10.1. The van der Waals surface area contributed by atoms with Crippen LogP contribution in [0.15, 0.2) is 24.3 Å². The van der Waals surface area contributed by atoms with Crippen LogP contribution in [0.4, 0.5) is 4.79 Å². The van der Waals surface area contributed by atoms with Crippen molar-refractivity contribution in [2.24, 2.45) is 0 Å². The molecule has 2 rings (SSSR count). The molecule has 0 fully saturated rings. The highest BCUT2D eigenvalue weighted by molar-refractivity contribution is 5.74. The van der Waals surface area contributed by atoms with Crippen molar-refractivity contribution in [2.75, 3.05) is 13.1 Å². The number of urea groups is 1. The van der Waals surface area contributed by atoms with Crippen LogP contribution in [0.2, 0.25) is 0 Å². The summed E-state index contributed by atoms with van der Waals surface area (Å²) in [4.78, 5) is 24.3. The zero-order valence-electron chi connectivity index (χ0n) is 12.0. The summed E-state index contributed by atoms with van der Waals surface area (Å²) in [7, 11) is 0. The van der Waals surface area contributed by atoms with E-state index >= 15 is 0 Å². The van der Waals surface area contributed by atoms with Gasteiger partial charge in [0.2, 0.25) is 0 Å². The van der Waals surface area contributed by atoms with Crippen LogP contribution in [0.25, 0.3) is 0 Å². The normalized spacial score (nSPS) is 17.4. The Bertz CT molecular complexity index is 518. The highest BCUT2D eigenvalue weighted by atomic mass is 16.5. The first-order valence-electron chi connectivity index (χ1n) is 7.05. The van der Waals surface area contributed by atoms with Crippen molar-refractivity contribution < 1.29 is 19.4 Å². The van der Waals surface area contributed by atoms with E-state index in [-0.39, 0.29) is 18.6 Å². The number of hydrogen-bond donors (Lipinski definition) is 2. The minimum atomic E-state index is -0.852. The van der Waals surface area contributed by atoms with Crippen LogP contribution in [-0.4, -0.2) is 41.2 Å². The molecule has 2 N–H and O–H groups in total. The summed E-state index contributed by atoms with van der Waals surface area (Å²) in [5.41, 5.74) is 0.975. The minimum Gasteiger partial charge on any atom is -0.489 e. The van der Waals surface area contributed by atoms with Gasteiger partial charge < -0.3 is 20.1 Å². The molecule has 0 saturated carbocycles. The molecule has 1 atom stereocenters. The number of carbonyl (C=O) groups is 2. The molecule has 1 aliphatic heterocycles. The number of rotatable bonds is 4. The molecule has 0 aliphatic carbocycles. The average Bonchev–Trinajstić information content (AvgIpc) is 2.61. The smallest absolute Gasteiger partial charge is 0.317 e. The fraction of sp³-hybridized carbons (Fsp3) is 0.467. The van der Waals surface area contributed by atoms with Crippen molar-refractivity contribution in [3.05, 3.63) is 29.8 Å². The van der Waals surface area contributed by atoms with E-state index in [2.05, 4.69) is 5.32 Å². The van der Waals surface area contributed by atoms with E-state index in [9.17, 15) is 9.59 Å². The van der Waals surface area contributed by atoms with Gasteiger partial charge in [0.25, 0.3) is 0 Å². The van der Waals surface area contributed by atoms with Gasteiger partial charge in [0.05, 0.1) is 13.1 Å². The molecule has 0 bridgehead atoms. The van der Waals surface area contributed by atoms with Gasteiger partial charge in [0.1, 0.15) is 11.9 Å². The molecule has 2 amide bonds. The van der Waals surface area contributed by atoms with E-state index in [0.29, 0.717) is 26.1 Å². The number of benzene rings is 1. The van der Waals surface area contributed by atoms with Gasteiger partial charge >= 0.3 is 12.0 Å². The Kier molecular flexibility index (Phi) is 5.03. The van der Waals surface area contributed by atoms with Crippen molar-refractivity contribution in [3.8, 4) is 5.75 Å². The van der Waals surface area contributed by atoms with E-state index in [1.54, 1.807) is 4.90 Å². The summed E-state index contributed by atoms with van der Waals surface area (Å²) < 4.78 is 5.79. The first kappa shape index (κ1) is 15.2. The largest absolute Gasteiger partial charge is 0.489 e. The number of carboxylic acid groups (broad SMARTS) is 1. The van der Waals surface area contributed by atoms with Gasteiger partial charge in [0.15, 0.2) is 0 Å². The number of carbonyl (C=O) groups excluding carboxylic acids is 1. The van der Waals surface area contributed by atoms with E-state index in [1.807, 2.05) is 31.2 Å². The van der Waals surface area contributed by atoms with Gasteiger partial charge in [-0.05, 0) is 19.4 Å². The van der Waals surface area contributed by atoms with Crippen molar-refractivity contribution in [1.29, 1.82) is 0 Å². The number of para-hydroxylation sites is 1. The third kappa shape index (κ3) is 4.37. The van der Waals surface area contributed by atoms with Gasteiger partial charge in [-0.2, -0.15) is 0 Å². The maximum Gasteiger partial charge on any atom is 0.317 e. The lowest BCUT2D eigenvalue weighted by Gasteiger charge is -2.22. The number of carboxylic acids is 1. The molecule has 114 valence electrons. The number of hydrogen-bond acceptors (Lipinski definition) is 3. The minimum absolute atomic E-state index is 0.0582. The highest BCUT2D eigenvalue weighted by Gasteiger charge is 2.23. The van der Waals surface area contributed by atoms with Gasteiger partial charge in [-0.1, -0.05) is 18.2 Å². The maximum atomic E-state index is 12.2. The molecule has 1 heterocycles. The van der Waals surface area contributed by atoms with Crippen LogP contribution in [0.5, 0.6) is 5.75 Å². The Morgan fingerprint density at radius 1 is 1.43 bits per heavy atom. The monoisotopic (exact) mass is 292 g/mol. The molecule has 1 aromatic rings. The second-order valence-corrected chi connectivity index (χ2v) is 5.15. The zero-order chi connectivity index (χ0) is 15.2. The second-order valence-electron chi connectivity index (χ2n) is 5.15. The molecule has 1 unspecified atom stereocenters. The van der Waals surface area contributed by atoms with Crippen molar-refractivity contribution >= 4 is 12.0 Å². The summed E-state index contributed by atoms with van der Waals surface area (Å²) in [6.07, 6.45) is 0.401. The Labute approximate surface area is 123 Å². The number of nitrogens with zero attached hydrogens (tertiary/aromatic N) is 1. The van der Waals surface area contributed by atoms with Crippen LogP contribution in [-0.2, 0) is 11.3 Å². The van der Waals surface area contributed by atoms with Crippen LogP contribution in [0, 0.1) is 0 Å². The fourth-order valence-electron chi connectivity index (χ4n) is 2.29. The first-order valence-corrected chi connectivity index (χ1v) is 7.05. The van der Waals surface area contributed by atoms with E-state index < -0.39 is 5.97 Å². The molecular formula is C15H20N2O4. The summed E-state index contributed by atoms with van der Waals surface area (Å²) >= 11 is 0. The summed E-state index contributed by atoms with van der Waals surface area (Å²) in [5.74, 6) is -0.0406. The SMILES string of the molecule is CC1CN(C(=O)NCCCC(=O)O)Cc2ccccc2O1. The molecule has 1 aromatic carbocycles. The molecule has 0 saturated heterocycles. The van der Waals surface area contributed by atoms with Crippen molar-refractivity contribution in [1.82, 2.24) is 10.2 Å². The number of amides is 2. The lowest BCUT2D eigenvalue weighted by molar-refractivity contribution is -0.137. The molecule has 6 heteroatoms. The van der Waals surface area contributed by atoms with Crippen LogP contribution < -0.4 is 10.1 Å². The standard InChI is InChI=1S/C15H20N2O4/c1-11-9-17(15(20)16-8-4-7-14(18)19)10-12-5-2-3-6-13(12)21-11/h2-3,5-6,11H,4,7-10H2,1H3,(H,16,20)(H,18,19). The molecule has 6 nitrogen and oxygen atoms in total. The number of aliphatic carboxylic acids is 1. The highest BCUT2D eigenvalue weighted by Crippen LogP contribution is 2.24. The Morgan fingerprint density at radius 3 is 2.95 bits per heavy atom. The predicted octanol–water partition coefficient (Wildman–Crippen LogP) is 1.84. The van der Waals surface area contributed by atoms with Crippen LogP contribution >= 0.6 is 0 Å². The third-order valence-corrected chi connectivity index (χ3v) is 3.27. The molecule has 0 radical (unpaired) electrons. The molecule has 0 aromatic heterocycles. The van der Waals surface area contributed by atoms with Gasteiger partial charge in [-0.15, -0.1) is 0 Å². The topological polar surface area (TPSA) is 78.9 Å². The molecule has 0 spiro atoms. The van der Waals surface area contributed by atoms with Crippen LogP contribution in [0.3, 0.4) is 0 Å². The lowest BCUT2D eigenvalue weighted by atomic mass is 10.2. The Morgan fingerprint density at radius 2 is 2.19 bits per heavy atom. The lowest BCUT2D eigenvalue weighted by Crippen LogP contribution is -2.43. The third-order valence-electron chi connectivity index (χ3n) is 3.27. The summed E-state index contributed by atoms with van der Waals surface area (Å²) in [5, 5.41) is 11.3. The maximum absolute atomic E-state index is 12.2. The summed E-state index contributed by atoms with van der Waals surface area (Å²) in [6.45, 7) is 3.27. The van der Waals surface area contributed by atoms with Crippen LogP contribution in [0.1, 0.15) is 25.3 Å². The fourth-order valence-corrected chi connectivity index (χ4v) is 2.29. The number of ether oxygens (including phenoxy) is 1.